The van der Waals surface area contributed by atoms with Crippen LogP contribution >= 0.6 is 28.1 Å². The van der Waals surface area contributed by atoms with Crippen LogP contribution in [0.25, 0.3) is 0 Å². The van der Waals surface area contributed by atoms with Crippen LogP contribution < -0.4 is 10.6 Å². The number of anilines is 1. The third kappa shape index (κ3) is 4.37. The predicted molar refractivity (Wildman–Crippen MR) is 89.8 cm³/mol. The number of aromatic nitrogens is 2. The van der Waals surface area contributed by atoms with E-state index in [0.29, 0.717) is 29.6 Å². The Hall–Kier alpha value is -1.73. The summed E-state index contributed by atoms with van der Waals surface area (Å²) < 4.78 is 16.0. The molecule has 0 unspecified atom stereocenters. The second-order valence-corrected chi connectivity index (χ2v) is 5.50. The molecule has 2 rings (SSSR count). The van der Waals surface area contributed by atoms with Gasteiger partial charge < -0.3 is 10.6 Å². The van der Waals surface area contributed by atoms with Crippen molar-refractivity contribution in [3.8, 4) is 0 Å². The van der Waals surface area contributed by atoms with Crippen LogP contribution in [0.4, 0.5) is 10.2 Å². The Kier molecular flexibility index (Phi) is 5.46. The van der Waals surface area contributed by atoms with E-state index >= 15 is 0 Å². The Morgan fingerprint density at radius 1 is 1.48 bits per heavy atom. The highest BCUT2D eigenvalue weighted by Gasteiger charge is 2.09. The zero-order valence-corrected chi connectivity index (χ0v) is 13.5. The minimum Gasteiger partial charge on any atom is -0.359 e. The van der Waals surface area contributed by atoms with Gasteiger partial charge in [0.25, 0.3) is 0 Å². The minimum absolute atomic E-state index is 0.248. The number of hydrogen-bond donors (Lipinski definition) is 2. The Morgan fingerprint density at radius 2 is 2.24 bits per heavy atom. The highest BCUT2D eigenvalue weighted by molar-refractivity contribution is 9.10. The van der Waals surface area contributed by atoms with Gasteiger partial charge in [-0.1, -0.05) is 24.3 Å². The van der Waals surface area contributed by atoms with E-state index in [1.165, 1.54) is 6.07 Å². The third-order valence-electron chi connectivity index (χ3n) is 2.65. The fraction of sp³-hybridized carbons (Fsp3) is 0.143. The lowest BCUT2D eigenvalue weighted by molar-refractivity contribution is 0.586. The van der Waals surface area contributed by atoms with Crippen LogP contribution in [0, 0.1) is 5.82 Å². The molecule has 0 saturated heterocycles. The third-order valence-corrected chi connectivity index (χ3v) is 3.47. The van der Waals surface area contributed by atoms with Crippen LogP contribution in [-0.4, -0.2) is 21.4 Å². The first-order valence-corrected chi connectivity index (χ1v) is 7.42. The van der Waals surface area contributed by atoms with E-state index in [4.69, 9.17) is 12.2 Å². The second kappa shape index (κ2) is 7.33. The van der Waals surface area contributed by atoms with Gasteiger partial charge in [0.05, 0.1) is 11.0 Å². The number of thiocarbonyl (C=S) groups is 1. The van der Waals surface area contributed by atoms with Crippen molar-refractivity contribution in [1.29, 1.82) is 0 Å². The SMILES string of the molecule is C=CCNC(=S)Nc1nn(Cc2ccccc2F)cc1Br. The molecule has 1 aromatic heterocycles. The smallest absolute Gasteiger partial charge is 0.172 e. The molecule has 2 aromatic rings. The van der Waals surface area contributed by atoms with Gasteiger partial charge in [-0.3, -0.25) is 4.68 Å². The Morgan fingerprint density at radius 3 is 2.95 bits per heavy atom. The van der Waals surface area contributed by atoms with E-state index in [9.17, 15) is 4.39 Å². The molecular formula is C14H14BrFN4S. The van der Waals surface area contributed by atoms with Crippen LogP contribution in [0.2, 0.25) is 0 Å². The van der Waals surface area contributed by atoms with E-state index in [1.54, 1.807) is 35.2 Å². The van der Waals surface area contributed by atoms with Gasteiger partial charge >= 0.3 is 0 Å². The lowest BCUT2D eigenvalue weighted by Crippen LogP contribution is -2.28. The molecule has 110 valence electrons. The van der Waals surface area contributed by atoms with E-state index in [-0.39, 0.29) is 5.82 Å². The summed E-state index contributed by atoms with van der Waals surface area (Å²) in [4.78, 5) is 0. The van der Waals surface area contributed by atoms with Gasteiger partial charge in [-0.15, -0.1) is 6.58 Å². The summed E-state index contributed by atoms with van der Waals surface area (Å²) in [6.45, 7) is 4.52. The van der Waals surface area contributed by atoms with E-state index in [0.717, 1.165) is 4.47 Å². The van der Waals surface area contributed by atoms with E-state index < -0.39 is 0 Å². The molecule has 0 aliphatic rings. The maximum atomic E-state index is 13.6. The number of nitrogens with zero attached hydrogens (tertiary/aromatic N) is 2. The van der Waals surface area contributed by atoms with Gasteiger partial charge in [-0.25, -0.2) is 4.39 Å². The number of nitrogens with one attached hydrogen (secondary N) is 2. The monoisotopic (exact) mass is 368 g/mol. The van der Waals surface area contributed by atoms with Gasteiger partial charge in [0, 0.05) is 18.3 Å². The van der Waals surface area contributed by atoms with Crippen LogP contribution in [0.1, 0.15) is 5.56 Å². The molecule has 21 heavy (non-hydrogen) atoms. The average molecular weight is 369 g/mol. The van der Waals surface area contributed by atoms with Crippen molar-refractivity contribution >= 4 is 39.1 Å². The standard InChI is InChI=1S/C14H14BrFN4S/c1-2-7-17-14(21)18-13-11(15)9-20(19-13)8-10-5-3-4-6-12(10)16/h2-6,9H,1,7-8H2,(H2,17,18,19,21). The molecule has 0 radical (unpaired) electrons. The molecule has 1 aromatic carbocycles. The van der Waals surface area contributed by atoms with Crippen LogP contribution in [0.3, 0.4) is 0 Å². The summed E-state index contributed by atoms with van der Waals surface area (Å²) >= 11 is 8.52. The first-order valence-electron chi connectivity index (χ1n) is 6.22. The zero-order valence-electron chi connectivity index (χ0n) is 11.1. The van der Waals surface area contributed by atoms with Crippen molar-refractivity contribution in [2.75, 3.05) is 11.9 Å². The highest BCUT2D eigenvalue weighted by Crippen LogP contribution is 2.21. The normalized spacial score (nSPS) is 10.2. The van der Waals surface area contributed by atoms with Crippen molar-refractivity contribution in [3.05, 3.63) is 59.0 Å². The molecule has 0 atom stereocenters. The van der Waals surface area contributed by atoms with Gasteiger partial charge in [0.15, 0.2) is 10.9 Å². The summed E-state index contributed by atoms with van der Waals surface area (Å²) in [5.41, 5.74) is 0.575. The first-order chi connectivity index (χ1) is 10.1. The molecule has 0 aliphatic carbocycles. The predicted octanol–water partition coefficient (Wildman–Crippen LogP) is 3.31. The van der Waals surface area contributed by atoms with Crippen LogP contribution in [-0.2, 0) is 6.54 Å². The molecule has 2 N–H and O–H groups in total. The molecule has 7 heteroatoms. The summed E-state index contributed by atoms with van der Waals surface area (Å²) in [5, 5.41) is 10.7. The fourth-order valence-corrected chi connectivity index (χ4v) is 2.28. The fourth-order valence-electron chi connectivity index (χ4n) is 1.68. The first kappa shape index (κ1) is 15.7. The molecule has 0 saturated carbocycles. The number of halogens is 2. The topological polar surface area (TPSA) is 41.9 Å². The van der Waals surface area contributed by atoms with Crippen molar-refractivity contribution in [2.45, 2.75) is 6.54 Å². The maximum Gasteiger partial charge on any atom is 0.172 e. The largest absolute Gasteiger partial charge is 0.359 e. The van der Waals surface area contributed by atoms with Crippen LogP contribution in [0.5, 0.6) is 0 Å². The maximum absolute atomic E-state index is 13.6. The van der Waals surface area contributed by atoms with Gasteiger partial charge in [-0.05, 0) is 34.2 Å². The summed E-state index contributed by atoms with van der Waals surface area (Å²) in [6.07, 6.45) is 3.48. The lowest BCUT2D eigenvalue weighted by atomic mass is 10.2. The van der Waals surface area contributed by atoms with Gasteiger partial charge in [-0.2, -0.15) is 5.10 Å². The highest BCUT2D eigenvalue weighted by atomic mass is 79.9. The number of rotatable bonds is 5. The summed E-state index contributed by atoms with van der Waals surface area (Å²) in [6, 6.07) is 6.62. The summed E-state index contributed by atoms with van der Waals surface area (Å²) in [5.74, 6) is 0.328. The lowest BCUT2D eigenvalue weighted by Gasteiger charge is -2.06. The Bertz CT molecular complexity index is 656. The summed E-state index contributed by atoms with van der Waals surface area (Å²) in [7, 11) is 0. The molecule has 0 amide bonds. The van der Waals surface area contributed by atoms with Crippen molar-refractivity contribution in [1.82, 2.24) is 15.1 Å². The van der Waals surface area contributed by atoms with Crippen molar-refractivity contribution in [3.63, 3.8) is 0 Å². The van der Waals surface area contributed by atoms with E-state index in [2.05, 4.69) is 38.2 Å². The molecule has 1 heterocycles. The molecule has 0 spiro atoms. The minimum atomic E-state index is -0.248. The van der Waals surface area contributed by atoms with Crippen LogP contribution in [0.15, 0.2) is 47.6 Å². The van der Waals surface area contributed by atoms with Gasteiger partial charge in [0.1, 0.15) is 5.82 Å². The Balaban J connectivity index is 2.07. The van der Waals surface area contributed by atoms with Crippen molar-refractivity contribution < 1.29 is 4.39 Å². The quantitative estimate of drug-likeness (QED) is 0.627. The molecule has 4 nitrogen and oxygen atoms in total. The Labute approximate surface area is 136 Å². The zero-order chi connectivity index (χ0) is 15.2. The van der Waals surface area contributed by atoms with Crippen molar-refractivity contribution in [2.24, 2.45) is 0 Å². The molecular weight excluding hydrogens is 355 g/mol. The molecule has 0 bridgehead atoms. The molecule has 0 aliphatic heterocycles. The number of hydrogen-bond acceptors (Lipinski definition) is 2. The number of benzene rings is 1. The second-order valence-electron chi connectivity index (χ2n) is 4.24. The van der Waals surface area contributed by atoms with Gasteiger partial charge in [0.2, 0.25) is 0 Å². The van der Waals surface area contributed by atoms with E-state index in [1.807, 2.05) is 0 Å². The molecule has 0 fully saturated rings. The average Bonchev–Trinajstić information content (AvgIpc) is 2.79.